The van der Waals surface area contributed by atoms with Crippen molar-refractivity contribution in [3.05, 3.63) is 82.2 Å². The minimum atomic E-state index is -3.68. The van der Waals surface area contributed by atoms with Crippen molar-refractivity contribution in [3.8, 4) is 11.5 Å². The summed E-state index contributed by atoms with van der Waals surface area (Å²) < 4.78 is 42.3. The molecule has 3 heterocycles. The van der Waals surface area contributed by atoms with Crippen LogP contribution in [0.3, 0.4) is 0 Å². The van der Waals surface area contributed by atoms with E-state index >= 15 is 0 Å². The molecule has 6 rings (SSSR count). The zero-order valence-corrected chi connectivity index (χ0v) is 21.8. The molecule has 4 aromatic rings. The number of aryl methyl sites for hydroxylation is 1. The Morgan fingerprint density at radius 1 is 1.00 bits per heavy atom. The van der Waals surface area contributed by atoms with Crippen molar-refractivity contribution in [1.82, 2.24) is 8.87 Å². The maximum Gasteiger partial charge on any atom is 0.279 e. The van der Waals surface area contributed by atoms with Crippen molar-refractivity contribution >= 4 is 37.5 Å². The first-order valence-corrected chi connectivity index (χ1v) is 14.4. The van der Waals surface area contributed by atoms with E-state index in [-0.39, 0.29) is 4.90 Å². The Morgan fingerprint density at radius 3 is 2.43 bits per heavy atom. The molecule has 37 heavy (non-hydrogen) atoms. The minimum absolute atomic E-state index is 0.166. The molecule has 0 N–H and O–H groups in total. The lowest BCUT2D eigenvalue weighted by Gasteiger charge is -2.28. The highest BCUT2D eigenvalue weighted by Gasteiger charge is 2.28. The third-order valence-electron chi connectivity index (χ3n) is 6.69. The number of carbonyl (C=O) groups excluding carboxylic acids is 1. The summed E-state index contributed by atoms with van der Waals surface area (Å²) in [6.07, 6.45) is 0.679. The highest BCUT2D eigenvalue weighted by Crippen LogP contribution is 2.35. The quantitative estimate of drug-likeness (QED) is 0.394. The smallest absolute Gasteiger partial charge is 0.279 e. The number of nitrogens with zero attached hydrogens (tertiary/aromatic N) is 3. The van der Waals surface area contributed by atoms with Gasteiger partial charge in [0.15, 0.2) is 16.3 Å². The number of hydrogen-bond acceptors (Lipinski definition) is 6. The third kappa shape index (κ3) is 4.35. The SMILES string of the molecule is CCn1c(=NC(=O)c2ccc(S(=O)(=O)N3CCc4ccccc4C3)cc2)sc2cc3c(cc21)OCCO3. The maximum absolute atomic E-state index is 13.3. The molecule has 0 saturated heterocycles. The van der Waals surface area contributed by atoms with Gasteiger partial charge in [0.2, 0.25) is 10.0 Å². The van der Waals surface area contributed by atoms with Gasteiger partial charge in [0.05, 0.1) is 15.1 Å². The molecular weight excluding hydrogens is 510 g/mol. The molecule has 1 amide bonds. The van der Waals surface area contributed by atoms with Crippen LogP contribution in [0.15, 0.2) is 70.6 Å². The lowest BCUT2D eigenvalue weighted by molar-refractivity contribution is 0.0997. The minimum Gasteiger partial charge on any atom is -0.486 e. The molecule has 0 fully saturated rings. The largest absolute Gasteiger partial charge is 0.486 e. The fourth-order valence-corrected chi connectivity index (χ4v) is 7.26. The number of sulfonamides is 1. The molecule has 1 aromatic heterocycles. The lowest BCUT2D eigenvalue weighted by Crippen LogP contribution is -2.35. The fourth-order valence-electron chi connectivity index (χ4n) is 4.74. The zero-order valence-electron chi connectivity index (χ0n) is 20.2. The number of carbonyl (C=O) groups is 1. The molecule has 0 saturated carbocycles. The summed E-state index contributed by atoms with van der Waals surface area (Å²) in [4.78, 5) is 18.1. The van der Waals surface area contributed by atoms with Gasteiger partial charge in [0.1, 0.15) is 13.2 Å². The molecule has 8 nitrogen and oxygen atoms in total. The van der Waals surface area contributed by atoms with Gasteiger partial charge in [-0.3, -0.25) is 4.79 Å². The summed E-state index contributed by atoms with van der Waals surface area (Å²) in [5.74, 6) is 0.947. The van der Waals surface area contributed by atoms with Crippen LogP contribution < -0.4 is 14.3 Å². The second kappa shape index (κ2) is 9.44. The van der Waals surface area contributed by atoms with E-state index in [9.17, 15) is 13.2 Å². The van der Waals surface area contributed by atoms with Crippen LogP contribution in [0.25, 0.3) is 10.2 Å². The highest BCUT2D eigenvalue weighted by atomic mass is 32.2. The number of rotatable bonds is 4. The maximum atomic E-state index is 13.3. The average molecular weight is 536 g/mol. The van der Waals surface area contributed by atoms with Gasteiger partial charge in [-0.15, -0.1) is 0 Å². The Balaban J connectivity index is 1.27. The number of hydrogen-bond donors (Lipinski definition) is 0. The normalized spacial score (nSPS) is 16.1. The van der Waals surface area contributed by atoms with E-state index in [0.29, 0.717) is 61.1 Å². The third-order valence-corrected chi connectivity index (χ3v) is 9.60. The second-order valence-electron chi connectivity index (χ2n) is 8.89. The van der Waals surface area contributed by atoms with Crippen LogP contribution in [0.4, 0.5) is 0 Å². The van der Waals surface area contributed by atoms with E-state index < -0.39 is 15.9 Å². The number of ether oxygens (including phenoxy) is 2. The number of fused-ring (bicyclic) bond motifs is 3. The molecule has 10 heteroatoms. The molecule has 0 aliphatic carbocycles. The molecule has 3 aromatic carbocycles. The zero-order chi connectivity index (χ0) is 25.6. The van der Waals surface area contributed by atoms with Gasteiger partial charge in [0.25, 0.3) is 5.91 Å². The molecule has 0 spiro atoms. The van der Waals surface area contributed by atoms with E-state index in [4.69, 9.17) is 9.47 Å². The molecule has 190 valence electrons. The predicted molar refractivity (Wildman–Crippen MR) is 141 cm³/mol. The van der Waals surface area contributed by atoms with Gasteiger partial charge in [-0.05, 0) is 48.7 Å². The molecule has 2 aliphatic rings. The highest BCUT2D eigenvalue weighted by molar-refractivity contribution is 7.89. The first-order valence-electron chi connectivity index (χ1n) is 12.1. The molecule has 0 atom stereocenters. The summed E-state index contributed by atoms with van der Waals surface area (Å²) in [6, 6.07) is 17.8. The standard InChI is InChI=1S/C27H25N3O5S2/c1-2-30-22-15-23-24(35-14-13-34-23)16-25(22)36-27(30)28-26(31)19-7-9-21(10-8-19)37(32,33)29-12-11-18-5-3-4-6-20(18)17-29/h3-10,15-16H,2,11-14,17H2,1H3. The van der Waals surface area contributed by atoms with Crippen LogP contribution in [-0.4, -0.2) is 43.0 Å². The summed E-state index contributed by atoms with van der Waals surface area (Å²) in [7, 11) is -3.68. The van der Waals surface area contributed by atoms with Gasteiger partial charge in [-0.1, -0.05) is 35.6 Å². The Kier molecular flexibility index (Phi) is 6.10. The monoisotopic (exact) mass is 535 g/mol. The van der Waals surface area contributed by atoms with Crippen molar-refractivity contribution in [2.75, 3.05) is 19.8 Å². The number of thiazole rings is 1. The van der Waals surface area contributed by atoms with Crippen LogP contribution in [0.5, 0.6) is 11.5 Å². The molecule has 0 radical (unpaired) electrons. The summed E-state index contributed by atoms with van der Waals surface area (Å²) in [6.45, 7) is 4.40. The Labute approximate surface area is 218 Å². The fraction of sp³-hybridized carbons (Fsp3) is 0.259. The van der Waals surface area contributed by atoms with Crippen molar-refractivity contribution in [3.63, 3.8) is 0 Å². The Morgan fingerprint density at radius 2 is 1.70 bits per heavy atom. The van der Waals surface area contributed by atoms with E-state index in [1.807, 2.05) is 47.9 Å². The molecular formula is C27H25N3O5S2. The first-order chi connectivity index (χ1) is 17.9. The summed E-state index contributed by atoms with van der Waals surface area (Å²) >= 11 is 1.40. The van der Waals surface area contributed by atoms with E-state index in [1.165, 1.54) is 45.5 Å². The van der Waals surface area contributed by atoms with Gasteiger partial charge in [-0.25, -0.2) is 8.42 Å². The van der Waals surface area contributed by atoms with Gasteiger partial charge in [0, 0.05) is 37.3 Å². The number of benzene rings is 3. The van der Waals surface area contributed by atoms with Gasteiger partial charge in [-0.2, -0.15) is 9.30 Å². The van der Waals surface area contributed by atoms with Crippen molar-refractivity contribution in [1.29, 1.82) is 0 Å². The van der Waals surface area contributed by atoms with Gasteiger partial charge < -0.3 is 14.0 Å². The Hall–Kier alpha value is -3.47. The van der Waals surface area contributed by atoms with Crippen LogP contribution in [0.2, 0.25) is 0 Å². The molecule has 0 unspecified atom stereocenters. The Bertz CT molecular complexity index is 1690. The number of amides is 1. The number of aromatic nitrogens is 1. The van der Waals surface area contributed by atoms with Crippen LogP contribution >= 0.6 is 11.3 Å². The second-order valence-corrected chi connectivity index (χ2v) is 11.8. The average Bonchev–Trinajstić information content (AvgIpc) is 3.26. The van der Waals surface area contributed by atoms with Crippen LogP contribution in [0, 0.1) is 0 Å². The van der Waals surface area contributed by atoms with Crippen LogP contribution in [0.1, 0.15) is 28.4 Å². The van der Waals surface area contributed by atoms with E-state index in [0.717, 1.165) is 15.8 Å². The summed E-state index contributed by atoms with van der Waals surface area (Å²) in [5, 5.41) is 0. The topological polar surface area (TPSA) is 90.2 Å². The first kappa shape index (κ1) is 23.9. The van der Waals surface area contributed by atoms with Crippen molar-refractivity contribution in [2.45, 2.75) is 31.3 Å². The van der Waals surface area contributed by atoms with Crippen molar-refractivity contribution < 1.29 is 22.7 Å². The predicted octanol–water partition coefficient (Wildman–Crippen LogP) is 3.98. The van der Waals surface area contributed by atoms with Crippen LogP contribution in [-0.2, 0) is 29.5 Å². The van der Waals surface area contributed by atoms with E-state index in [1.54, 1.807) is 0 Å². The molecule has 0 bridgehead atoms. The van der Waals surface area contributed by atoms with Gasteiger partial charge >= 0.3 is 0 Å². The van der Waals surface area contributed by atoms with E-state index in [2.05, 4.69) is 4.99 Å². The molecule has 2 aliphatic heterocycles. The lowest BCUT2D eigenvalue weighted by atomic mass is 10.0. The van der Waals surface area contributed by atoms with Crippen molar-refractivity contribution in [2.24, 2.45) is 4.99 Å². The summed E-state index contributed by atoms with van der Waals surface area (Å²) in [5.41, 5.74) is 3.46.